The first kappa shape index (κ1) is 8.21. The van der Waals surface area contributed by atoms with Gasteiger partial charge in [-0.25, -0.2) is 0 Å². The molecule has 46 valence electrons. The van der Waals surface area contributed by atoms with E-state index in [9.17, 15) is 0 Å². The molecule has 0 aromatic rings. The third kappa shape index (κ3) is 5.07. The molecule has 0 aliphatic carbocycles. The summed E-state index contributed by atoms with van der Waals surface area (Å²) in [5, 5.41) is 0. The van der Waals surface area contributed by atoms with Crippen LogP contribution in [-0.2, 0) is 0 Å². The molecular formula is C8H8S. The van der Waals surface area contributed by atoms with Gasteiger partial charge in [0.25, 0.3) is 0 Å². The van der Waals surface area contributed by atoms with Gasteiger partial charge in [0.15, 0.2) is 0 Å². The normalized spacial score (nSPS) is 9.22. The van der Waals surface area contributed by atoms with Crippen molar-refractivity contribution in [1.82, 2.24) is 0 Å². The molecule has 0 saturated carbocycles. The fourth-order valence-electron chi connectivity index (χ4n) is 0.238. The van der Waals surface area contributed by atoms with Crippen molar-refractivity contribution in [3.05, 3.63) is 11.0 Å². The summed E-state index contributed by atoms with van der Waals surface area (Å²) in [6.07, 6.45) is 8.71. The Balaban J connectivity index is 3.86. The van der Waals surface area contributed by atoms with E-state index in [1.54, 1.807) is 11.8 Å². The zero-order chi connectivity index (χ0) is 7.11. The number of terminal acetylenes is 1. The minimum Gasteiger partial charge on any atom is -0.134 e. The van der Waals surface area contributed by atoms with Gasteiger partial charge in [0.2, 0.25) is 0 Å². The van der Waals surface area contributed by atoms with Crippen molar-refractivity contribution in [3.63, 3.8) is 0 Å². The lowest BCUT2D eigenvalue weighted by Crippen LogP contribution is -1.60. The number of rotatable bonds is 1. The predicted octanol–water partition coefficient (Wildman–Crippen LogP) is 1.89. The second-order valence-corrected chi connectivity index (χ2v) is 2.42. The lowest BCUT2D eigenvalue weighted by atomic mass is 10.5. The summed E-state index contributed by atoms with van der Waals surface area (Å²) < 4.78 is 0. The van der Waals surface area contributed by atoms with Gasteiger partial charge >= 0.3 is 0 Å². The summed E-state index contributed by atoms with van der Waals surface area (Å²) in [6, 6.07) is 0. The molecule has 9 heavy (non-hydrogen) atoms. The summed E-state index contributed by atoms with van der Waals surface area (Å²) in [5.41, 5.74) is 0. The maximum Gasteiger partial charge on any atom is -0.00162 e. The predicted molar refractivity (Wildman–Crippen MR) is 43.9 cm³/mol. The van der Waals surface area contributed by atoms with E-state index in [0.717, 1.165) is 0 Å². The average molecular weight is 136 g/mol. The minimum absolute atomic E-state index is 1.18. The fraction of sp³-hybridized carbons (Fsp3) is 0.250. The van der Waals surface area contributed by atoms with Gasteiger partial charge in [-0.2, -0.15) is 0 Å². The van der Waals surface area contributed by atoms with Crippen molar-refractivity contribution >= 4 is 11.8 Å². The summed E-state index contributed by atoms with van der Waals surface area (Å²) in [5.74, 6) is 7.45. The molecule has 0 unspecified atom stereocenters. The van der Waals surface area contributed by atoms with Gasteiger partial charge in [-0.3, -0.25) is 0 Å². The molecule has 0 nitrogen and oxygen atoms in total. The van der Waals surface area contributed by atoms with Crippen molar-refractivity contribution in [3.8, 4) is 24.2 Å². The van der Waals surface area contributed by atoms with Crippen molar-refractivity contribution in [2.24, 2.45) is 0 Å². The third-order valence-corrected chi connectivity index (χ3v) is 1.50. The number of hydrogen-bond acceptors (Lipinski definition) is 1. The maximum absolute atomic E-state index is 4.90. The van der Waals surface area contributed by atoms with Crippen LogP contribution in [0.3, 0.4) is 0 Å². The molecule has 0 heterocycles. The van der Waals surface area contributed by atoms with Crippen molar-refractivity contribution in [1.29, 1.82) is 0 Å². The molecule has 0 saturated heterocycles. The summed E-state index contributed by atoms with van der Waals surface area (Å²) in [6.45, 7) is 2.00. The Hall–Kier alpha value is -0.790. The molecule has 0 rings (SSSR count). The molecule has 0 N–H and O–H groups in total. The van der Waals surface area contributed by atoms with Gasteiger partial charge in [0, 0.05) is 0 Å². The van der Waals surface area contributed by atoms with E-state index >= 15 is 0 Å². The van der Waals surface area contributed by atoms with Gasteiger partial charge in [-0.05, 0) is 36.0 Å². The smallest absolute Gasteiger partial charge is 0.00162 e. The molecule has 0 aliphatic heterocycles. The largest absolute Gasteiger partial charge is 0.134 e. The molecule has 0 spiro atoms. The topological polar surface area (TPSA) is 0 Å². The van der Waals surface area contributed by atoms with E-state index in [4.69, 9.17) is 6.42 Å². The van der Waals surface area contributed by atoms with Crippen LogP contribution in [0.15, 0.2) is 11.0 Å². The number of thioether (sulfide) groups is 1. The Labute approximate surface area is 60.7 Å². The van der Waals surface area contributed by atoms with Crippen LogP contribution < -0.4 is 0 Å². The second kappa shape index (κ2) is 5.35. The molecular weight excluding hydrogens is 128 g/mol. The Kier molecular flexibility index (Phi) is 4.88. The van der Waals surface area contributed by atoms with Crippen LogP contribution in [0.5, 0.6) is 0 Å². The highest BCUT2D eigenvalue weighted by molar-refractivity contribution is 8.02. The molecule has 0 aliphatic rings. The SMILES string of the molecule is C#CC#C/C=C(/C)SC. The van der Waals surface area contributed by atoms with Gasteiger partial charge < -0.3 is 0 Å². The van der Waals surface area contributed by atoms with Crippen molar-refractivity contribution < 1.29 is 0 Å². The first-order valence-corrected chi connectivity index (χ1v) is 3.70. The van der Waals surface area contributed by atoms with Gasteiger partial charge in [0.05, 0.1) is 0 Å². The zero-order valence-corrected chi connectivity index (χ0v) is 6.38. The minimum atomic E-state index is 1.18. The van der Waals surface area contributed by atoms with Crippen LogP contribution in [0.25, 0.3) is 0 Å². The molecule has 1 heteroatoms. The van der Waals surface area contributed by atoms with Crippen LogP contribution in [0.1, 0.15) is 6.92 Å². The first-order chi connectivity index (χ1) is 4.31. The molecule has 0 aromatic heterocycles. The number of allylic oxidation sites excluding steroid dienone is 2. The monoisotopic (exact) mass is 136 g/mol. The Morgan fingerprint density at radius 1 is 1.67 bits per heavy atom. The molecule has 0 amide bonds. The highest BCUT2D eigenvalue weighted by atomic mass is 32.2. The van der Waals surface area contributed by atoms with Gasteiger partial charge in [-0.15, -0.1) is 18.2 Å². The van der Waals surface area contributed by atoms with E-state index in [0.29, 0.717) is 0 Å². The van der Waals surface area contributed by atoms with E-state index in [-0.39, 0.29) is 0 Å². The average Bonchev–Trinajstić information content (AvgIpc) is 1.89. The van der Waals surface area contributed by atoms with Crippen LogP contribution in [0, 0.1) is 24.2 Å². The molecule has 0 aromatic carbocycles. The maximum atomic E-state index is 4.90. The quantitative estimate of drug-likeness (QED) is 0.496. The Bertz CT molecular complexity index is 195. The van der Waals surface area contributed by atoms with E-state index in [1.165, 1.54) is 4.91 Å². The second-order valence-electron chi connectivity index (χ2n) is 1.37. The lowest BCUT2D eigenvalue weighted by molar-refractivity contribution is 1.70. The van der Waals surface area contributed by atoms with Crippen molar-refractivity contribution in [2.45, 2.75) is 6.92 Å². The van der Waals surface area contributed by atoms with Gasteiger partial charge in [0.1, 0.15) is 0 Å². The van der Waals surface area contributed by atoms with E-state index in [2.05, 4.69) is 17.8 Å². The third-order valence-electron chi connectivity index (χ3n) is 0.742. The highest BCUT2D eigenvalue weighted by Crippen LogP contribution is 2.07. The lowest BCUT2D eigenvalue weighted by Gasteiger charge is -1.84. The first-order valence-electron chi connectivity index (χ1n) is 2.48. The summed E-state index contributed by atoms with van der Waals surface area (Å²) in [4.78, 5) is 1.18. The standard InChI is InChI=1S/C8H8S/c1-4-5-6-7-8(2)9-3/h1,7H,2-3H3/b8-7-. The van der Waals surface area contributed by atoms with E-state index < -0.39 is 0 Å². The fourth-order valence-corrected chi connectivity index (χ4v) is 0.415. The van der Waals surface area contributed by atoms with Crippen molar-refractivity contribution in [2.75, 3.05) is 6.26 Å². The molecule has 0 radical (unpaired) electrons. The van der Waals surface area contributed by atoms with Crippen LogP contribution in [0.2, 0.25) is 0 Å². The molecule has 0 atom stereocenters. The Morgan fingerprint density at radius 3 is 2.78 bits per heavy atom. The van der Waals surface area contributed by atoms with Gasteiger partial charge in [-0.1, -0.05) is 5.92 Å². The summed E-state index contributed by atoms with van der Waals surface area (Å²) in [7, 11) is 0. The van der Waals surface area contributed by atoms with Crippen LogP contribution >= 0.6 is 11.8 Å². The Morgan fingerprint density at radius 2 is 2.33 bits per heavy atom. The van der Waals surface area contributed by atoms with E-state index in [1.807, 2.05) is 19.3 Å². The highest BCUT2D eigenvalue weighted by Gasteiger charge is 1.76. The zero-order valence-electron chi connectivity index (χ0n) is 5.56. The van der Waals surface area contributed by atoms with Crippen LogP contribution in [-0.4, -0.2) is 6.26 Å². The summed E-state index contributed by atoms with van der Waals surface area (Å²) >= 11 is 1.67. The molecule has 0 fully saturated rings. The van der Waals surface area contributed by atoms with Crippen LogP contribution in [0.4, 0.5) is 0 Å². The molecule has 0 bridgehead atoms. The number of hydrogen-bond donors (Lipinski definition) is 0.